The number of carboxylic acid groups (broad SMARTS) is 1. The number of nitrogen functional groups attached to an aromatic ring is 1. The lowest BCUT2D eigenvalue weighted by atomic mass is 9.92. The van der Waals surface area contributed by atoms with Gasteiger partial charge in [-0.1, -0.05) is 82.6 Å². The lowest BCUT2D eigenvalue weighted by molar-refractivity contribution is -0.136. The molecule has 2 saturated heterocycles. The molecule has 4 aliphatic rings. The van der Waals surface area contributed by atoms with Crippen LogP contribution in [0, 0.1) is 35.3 Å². The SMILES string of the molecule is CC(Br)C(=O)Cc1ccc(Cl)cn1.CC(Br)C(=O)Cl.CC(Br)C(=O)O.CC(C(=O)Cc1ccc(Cl)cn1)N1C[C@H]2CC(c3ccnc4ccc(F)cc34)C[C@H]2C1.Cl.Fc1ccc2nccc(C3C[C@H]4CNC[C@H]4C3)c2c1.Nc1ccc(Cl)cn1.O=S(Cl)Cl. The molecule has 2 aromatic carbocycles. The van der Waals surface area contributed by atoms with Crippen molar-refractivity contribution in [1.29, 1.82) is 0 Å². The van der Waals surface area contributed by atoms with Crippen molar-refractivity contribution in [3.8, 4) is 0 Å². The van der Waals surface area contributed by atoms with Crippen LogP contribution in [0.4, 0.5) is 14.6 Å². The largest absolute Gasteiger partial charge is 0.480 e. The summed E-state index contributed by atoms with van der Waals surface area (Å²) >= 11 is 31.0. The smallest absolute Gasteiger partial charge is 0.316 e. The third-order valence-corrected chi connectivity index (χ3v) is 17.5. The van der Waals surface area contributed by atoms with Crippen LogP contribution in [0.3, 0.4) is 0 Å². The summed E-state index contributed by atoms with van der Waals surface area (Å²) in [5.74, 6) is 3.37. The van der Waals surface area contributed by atoms with Crippen LogP contribution in [0.25, 0.3) is 21.8 Å². The molecule has 11 rings (SSSR count). The van der Waals surface area contributed by atoms with E-state index in [2.05, 4.69) is 116 Å². The molecule has 5 aromatic heterocycles. The van der Waals surface area contributed by atoms with Gasteiger partial charge >= 0.3 is 5.97 Å². The highest BCUT2D eigenvalue weighted by Gasteiger charge is 2.44. The van der Waals surface area contributed by atoms with Gasteiger partial charge in [0.05, 0.1) is 48.2 Å². The van der Waals surface area contributed by atoms with E-state index < -0.39 is 20.0 Å². The number of aliphatic carboxylic acids is 1. The molecule has 6 unspecified atom stereocenters. The number of nitrogens with one attached hydrogen (secondary N) is 1. The third-order valence-electron chi connectivity index (χ3n) is 14.9. The zero-order valence-corrected chi connectivity index (χ0v) is 59.0. The van der Waals surface area contributed by atoms with Crippen molar-refractivity contribution in [2.24, 2.45) is 23.7 Å². The first-order chi connectivity index (χ1) is 41.2. The van der Waals surface area contributed by atoms with Crippen LogP contribution in [-0.4, -0.2) is 109 Å². The Hall–Kier alpha value is -3.61. The van der Waals surface area contributed by atoms with Crippen LogP contribution >= 0.6 is 128 Å². The maximum Gasteiger partial charge on any atom is 0.316 e. The molecular formula is C61H66Br3Cl7F2N8O6S. The topological polar surface area (TPSA) is 211 Å². The van der Waals surface area contributed by atoms with E-state index in [9.17, 15) is 28.0 Å². The summed E-state index contributed by atoms with van der Waals surface area (Å²) in [5, 5.41) is 14.8. The molecule has 2 saturated carbocycles. The second-order valence-electron chi connectivity index (χ2n) is 21.1. The lowest BCUT2D eigenvalue weighted by Gasteiger charge is -2.25. The van der Waals surface area contributed by atoms with E-state index in [0.717, 1.165) is 84.1 Å². The lowest BCUT2D eigenvalue weighted by Crippen LogP contribution is -2.39. The highest BCUT2D eigenvalue weighted by Crippen LogP contribution is 2.48. The van der Waals surface area contributed by atoms with Crippen LogP contribution in [-0.2, 0) is 41.2 Å². The number of pyridine rings is 5. The molecule has 14 nitrogen and oxygen atoms in total. The van der Waals surface area contributed by atoms with E-state index in [0.29, 0.717) is 57.4 Å². The second kappa shape index (κ2) is 38.4. The normalized spacial score (nSPS) is 20.0. The molecule has 27 heteroatoms. The summed E-state index contributed by atoms with van der Waals surface area (Å²) in [5.41, 5.74) is 11.0. The number of halogens is 12. The molecule has 7 aromatic rings. The van der Waals surface area contributed by atoms with E-state index >= 15 is 0 Å². The first kappa shape index (κ1) is 76.8. The number of hydrogen-bond donors (Lipinski definition) is 3. The number of alkyl halides is 3. The van der Waals surface area contributed by atoms with E-state index in [1.54, 1.807) is 87.8 Å². The van der Waals surface area contributed by atoms with Gasteiger partial charge in [0.15, 0.2) is 11.6 Å². The number of benzene rings is 2. The summed E-state index contributed by atoms with van der Waals surface area (Å²) in [7, 11) is 7.36. The Labute approximate surface area is 574 Å². The maximum absolute atomic E-state index is 13.8. The Bertz CT molecular complexity index is 3350. The van der Waals surface area contributed by atoms with Gasteiger partial charge in [-0.25, -0.2) is 18.0 Å². The molecule has 2 aliphatic heterocycles. The molecule has 476 valence electrons. The van der Waals surface area contributed by atoms with Crippen molar-refractivity contribution >= 4 is 188 Å². The first-order valence-electron chi connectivity index (χ1n) is 27.4. The van der Waals surface area contributed by atoms with Crippen molar-refractivity contribution < 1.29 is 37.3 Å². The number of ketones is 2. The zero-order chi connectivity index (χ0) is 64.1. The zero-order valence-electron chi connectivity index (χ0n) is 48.0. The summed E-state index contributed by atoms with van der Waals surface area (Å²) in [6.45, 7) is 11.2. The highest BCUT2D eigenvalue weighted by atomic mass is 79.9. The molecule has 0 spiro atoms. The molecule has 0 radical (unpaired) electrons. The van der Waals surface area contributed by atoms with Crippen LogP contribution in [0.5, 0.6) is 0 Å². The molecule has 7 heterocycles. The molecule has 0 amide bonds. The molecule has 88 heavy (non-hydrogen) atoms. The highest BCUT2D eigenvalue weighted by molar-refractivity contribution is 9.10. The molecule has 2 aliphatic carbocycles. The number of carbonyl (C=O) groups excluding carboxylic acids is 3. The van der Waals surface area contributed by atoms with E-state index in [-0.39, 0.29) is 56.5 Å². The minimum atomic E-state index is -1.67. The quantitative estimate of drug-likeness (QED) is 0.0813. The number of Topliss-reactive ketones (excluding diaryl/α,β-unsaturated/α-hetero) is 2. The number of nitrogens with two attached hydrogens (primary N) is 1. The number of aromatic nitrogens is 5. The van der Waals surface area contributed by atoms with Gasteiger partial charge in [0, 0.05) is 94.0 Å². The molecule has 4 fully saturated rings. The summed E-state index contributed by atoms with van der Waals surface area (Å²) < 4.78 is 36.4. The Morgan fingerprint density at radius 1 is 0.625 bits per heavy atom. The molecule has 4 N–H and O–H groups in total. The first-order valence-corrected chi connectivity index (χ1v) is 34.5. The summed E-state index contributed by atoms with van der Waals surface area (Å²) in [6.07, 6.45) is 13.6. The predicted molar refractivity (Wildman–Crippen MR) is 366 cm³/mol. The summed E-state index contributed by atoms with van der Waals surface area (Å²) in [6, 6.07) is 24.2. The van der Waals surface area contributed by atoms with Gasteiger partial charge in [0.2, 0.25) is 14.5 Å². The average molecular weight is 1570 g/mol. The number of nitrogens with zero attached hydrogens (tertiary/aromatic N) is 6. The average Bonchev–Trinajstić information content (AvgIpc) is 2.54. The van der Waals surface area contributed by atoms with Crippen LogP contribution in [0.2, 0.25) is 15.1 Å². The number of hydrogen-bond acceptors (Lipinski definition) is 13. The van der Waals surface area contributed by atoms with Gasteiger partial charge < -0.3 is 16.2 Å². The monoisotopic (exact) mass is 1560 g/mol. The minimum Gasteiger partial charge on any atom is -0.480 e. The van der Waals surface area contributed by atoms with Gasteiger partial charge in [-0.3, -0.25) is 44.0 Å². The van der Waals surface area contributed by atoms with Crippen LogP contribution < -0.4 is 11.1 Å². The van der Waals surface area contributed by atoms with Gasteiger partial charge in [-0.15, -0.1) is 12.4 Å². The Morgan fingerprint density at radius 3 is 1.35 bits per heavy atom. The van der Waals surface area contributed by atoms with Gasteiger partial charge in [0.1, 0.15) is 22.3 Å². The Balaban J connectivity index is 0.000000248. The fourth-order valence-electron chi connectivity index (χ4n) is 10.6. The van der Waals surface area contributed by atoms with Crippen molar-refractivity contribution in [3.63, 3.8) is 0 Å². The van der Waals surface area contributed by atoms with Crippen molar-refractivity contribution in [2.45, 2.75) is 98.6 Å². The number of carboxylic acids is 1. The van der Waals surface area contributed by atoms with Crippen molar-refractivity contribution in [1.82, 2.24) is 35.1 Å². The fourth-order valence-corrected chi connectivity index (χ4v) is 11.1. The van der Waals surface area contributed by atoms with Crippen LogP contribution in [0.1, 0.15) is 87.7 Å². The number of likely N-dealkylation sites (tertiary alicyclic amines) is 1. The van der Waals surface area contributed by atoms with Crippen molar-refractivity contribution in [2.75, 3.05) is 31.9 Å². The number of carbonyl (C=O) groups is 4. The Kier molecular flexibility index (Phi) is 33.5. The minimum absolute atomic E-state index is 0. The number of anilines is 1. The number of fused-ring (bicyclic) bond motifs is 4. The number of rotatable bonds is 11. The van der Waals surface area contributed by atoms with E-state index in [1.807, 2.05) is 25.4 Å². The molecular weight excluding hydrogens is 1500 g/mol. The standard InChI is InChI=1S/C25H25ClFN3O.C16H17FN2.C9H9BrClNO.C5H5ClN2.C3H4BrClO.C3H5BrO2.Cl2OS.ClH/c1-15(25(31)11-21-4-2-19(26)12-29-21)30-13-17-8-16(9-18(17)14-30)22-6-7-28-24-5-3-20(27)10-23(22)24;17-13-1-2-16-15(7-13)14(3-4-19-16)10-5-11-8-18-9-12(11)6-10;1-6(10)9(13)4-8-3-2-7(11)5-12-8;6-4-1-2-5(7)8-3-4;2*1-2(4)3(5)6;1-4(2)3;/h2-7,10,12,15-18H,8-9,11,13-14H2,1H3;1-4,7,10-12,18H,5-6,8-9H2;2-3,5-6H,4H2,1H3;1-3H,(H2,7,8);2H,1H3;2H,1H3,(H,5,6);;1H/t15?,16?,17-,18+;10?,11-,12+;;;;;;. The fraction of sp³-hybridized carbons (Fsp3) is 0.393. The molecule has 0 bridgehead atoms. The summed E-state index contributed by atoms with van der Waals surface area (Å²) in [4.78, 5) is 65.9. The predicted octanol–water partition coefficient (Wildman–Crippen LogP) is 15.9. The van der Waals surface area contributed by atoms with E-state index in [4.69, 9.17) is 61.5 Å². The van der Waals surface area contributed by atoms with Crippen molar-refractivity contribution in [3.05, 3.63) is 165 Å². The maximum atomic E-state index is 13.8. The molecule has 10 atom stereocenters. The van der Waals surface area contributed by atoms with Gasteiger partial charge in [-0.05, 0) is 210 Å². The van der Waals surface area contributed by atoms with Crippen LogP contribution in [0.15, 0.2) is 116 Å². The Morgan fingerprint density at radius 2 is 1.01 bits per heavy atom. The van der Waals surface area contributed by atoms with E-state index in [1.165, 1.54) is 42.3 Å². The van der Waals surface area contributed by atoms with Gasteiger partial charge in [0.25, 0.3) is 0 Å². The second-order valence-corrected chi connectivity index (χ2v) is 29.4. The third kappa shape index (κ3) is 25.5. The van der Waals surface area contributed by atoms with Gasteiger partial charge in [-0.2, -0.15) is 0 Å².